The van der Waals surface area contributed by atoms with Crippen molar-refractivity contribution in [2.24, 2.45) is 0 Å². The van der Waals surface area contributed by atoms with Crippen LogP contribution >= 0.6 is 0 Å². The van der Waals surface area contributed by atoms with E-state index < -0.39 is 0 Å². The van der Waals surface area contributed by atoms with Gasteiger partial charge in [0.05, 0.1) is 24.7 Å². The van der Waals surface area contributed by atoms with Crippen LogP contribution in [0.4, 0.5) is 0 Å². The number of aromatic nitrogens is 2. The highest BCUT2D eigenvalue weighted by molar-refractivity contribution is 5.64. The lowest BCUT2D eigenvalue weighted by molar-refractivity contribution is 0.557. The number of nitrogens with zero attached hydrogens (tertiary/aromatic N) is 3. The summed E-state index contributed by atoms with van der Waals surface area (Å²) in [6.45, 7) is 2.54. The van der Waals surface area contributed by atoms with Gasteiger partial charge in [0.25, 0.3) is 0 Å². The molecular weight excluding hydrogens is 236 g/mol. The number of aryl methyl sites for hydroxylation is 1. The molecule has 1 aliphatic rings. The van der Waals surface area contributed by atoms with Crippen molar-refractivity contribution in [3.8, 4) is 17.3 Å². The molecule has 0 unspecified atom stereocenters. The van der Waals surface area contributed by atoms with Crippen molar-refractivity contribution in [1.29, 1.82) is 5.26 Å². The van der Waals surface area contributed by atoms with E-state index in [9.17, 15) is 0 Å². The summed E-state index contributed by atoms with van der Waals surface area (Å²) in [6, 6.07) is 12.5. The Hall–Kier alpha value is -2.12. The summed E-state index contributed by atoms with van der Waals surface area (Å²) in [5.41, 5.74) is 4.78. The highest BCUT2D eigenvalue weighted by atomic mass is 15.3. The molecule has 1 aliphatic heterocycles. The summed E-state index contributed by atoms with van der Waals surface area (Å²) >= 11 is 0. The number of rotatable bonds is 3. The van der Waals surface area contributed by atoms with Crippen LogP contribution in [0.1, 0.15) is 17.7 Å². The lowest BCUT2D eigenvalue weighted by atomic mass is 10.0. The van der Waals surface area contributed by atoms with Crippen molar-refractivity contribution < 1.29 is 0 Å². The second-order valence-corrected chi connectivity index (χ2v) is 4.70. The molecule has 0 bridgehead atoms. The molecule has 0 fully saturated rings. The van der Waals surface area contributed by atoms with Crippen molar-refractivity contribution >= 4 is 0 Å². The van der Waals surface area contributed by atoms with Crippen LogP contribution in [0.25, 0.3) is 11.3 Å². The Morgan fingerprint density at radius 2 is 2.16 bits per heavy atom. The van der Waals surface area contributed by atoms with Crippen LogP contribution in [-0.2, 0) is 19.5 Å². The first-order chi connectivity index (χ1) is 9.40. The van der Waals surface area contributed by atoms with E-state index in [1.165, 1.54) is 11.3 Å². The first-order valence-corrected chi connectivity index (χ1v) is 6.62. The molecule has 2 heterocycles. The molecule has 4 nitrogen and oxygen atoms in total. The molecule has 19 heavy (non-hydrogen) atoms. The van der Waals surface area contributed by atoms with Gasteiger partial charge in [0, 0.05) is 36.3 Å². The molecule has 4 heteroatoms. The van der Waals surface area contributed by atoms with Gasteiger partial charge >= 0.3 is 0 Å². The van der Waals surface area contributed by atoms with Gasteiger partial charge in [-0.3, -0.25) is 4.68 Å². The van der Waals surface area contributed by atoms with E-state index >= 15 is 0 Å². The molecule has 96 valence electrons. The first kappa shape index (κ1) is 11.9. The minimum absolute atomic E-state index is 0.510. The van der Waals surface area contributed by atoms with Gasteiger partial charge in [-0.15, -0.1) is 0 Å². The third kappa shape index (κ3) is 2.25. The van der Waals surface area contributed by atoms with E-state index in [-0.39, 0.29) is 0 Å². The van der Waals surface area contributed by atoms with E-state index in [1.807, 2.05) is 22.9 Å². The van der Waals surface area contributed by atoms with Crippen molar-refractivity contribution in [3.05, 3.63) is 41.6 Å². The van der Waals surface area contributed by atoms with Crippen LogP contribution in [0.3, 0.4) is 0 Å². The SMILES string of the molecule is N#CCCn1nc(-c2ccccc2)c2c1CCNC2. The topological polar surface area (TPSA) is 53.6 Å². The molecule has 3 rings (SSSR count). The number of nitriles is 1. The van der Waals surface area contributed by atoms with Gasteiger partial charge < -0.3 is 5.32 Å². The lowest BCUT2D eigenvalue weighted by Gasteiger charge is -2.15. The number of fused-ring (bicyclic) bond motifs is 1. The fourth-order valence-corrected chi connectivity index (χ4v) is 2.59. The van der Waals surface area contributed by atoms with Gasteiger partial charge in [0.1, 0.15) is 0 Å². The van der Waals surface area contributed by atoms with E-state index in [0.29, 0.717) is 13.0 Å². The Morgan fingerprint density at radius 3 is 2.95 bits per heavy atom. The monoisotopic (exact) mass is 252 g/mol. The van der Waals surface area contributed by atoms with Crippen molar-refractivity contribution in [2.45, 2.75) is 25.9 Å². The number of hydrogen-bond donors (Lipinski definition) is 1. The van der Waals surface area contributed by atoms with Gasteiger partial charge in [-0.05, 0) is 0 Å². The van der Waals surface area contributed by atoms with E-state index in [4.69, 9.17) is 10.4 Å². The van der Waals surface area contributed by atoms with E-state index in [2.05, 4.69) is 23.5 Å². The van der Waals surface area contributed by atoms with Crippen molar-refractivity contribution in [2.75, 3.05) is 6.54 Å². The zero-order valence-corrected chi connectivity index (χ0v) is 10.8. The molecular formula is C15H16N4. The van der Waals surface area contributed by atoms with Crippen molar-refractivity contribution in [3.63, 3.8) is 0 Å². The van der Waals surface area contributed by atoms with E-state index in [1.54, 1.807) is 0 Å². The second-order valence-electron chi connectivity index (χ2n) is 4.70. The summed E-state index contributed by atoms with van der Waals surface area (Å²) in [5.74, 6) is 0. The maximum absolute atomic E-state index is 8.75. The summed E-state index contributed by atoms with van der Waals surface area (Å²) in [5, 5.41) is 16.9. The van der Waals surface area contributed by atoms with Crippen LogP contribution in [0.15, 0.2) is 30.3 Å². The molecule has 1 aromatic heterocycles. The smallest absolute Gasteiger partial charge is 0.0971 e. The predicted octanol–water partition coefficient (Wildman–Crippen LogP) is 2.11. The predicted molar refractivity (Wildman–Crippen MR) is 73.3 cm³/mol. The lowest BCUT2D eigenvalue weighted by Crippen LogP contribution is -2.25. The van der Waals surface area contributed by atoms with Gasteiger partial charge in [-0.1, -0.05) is 30.3 Å². The molecule has 0 atom stereocenters. The molecule has 1 aromatic carbocycles. The van der Waals surface area contributed by atoms with Gasteiger partial charge in [0.15, 0.2) is 0 Å². The quantitative estimate of drug-likeness (QED) is 0.910. The largest absolute Gasteiger partial charge is 0.312 e. The molecule has 0 amide bonds. The highest BCUT2D eigenvalue weighted by Crippen LogP contribution is 2.27. The second kappa shape index (κ2) is 5.25. The minimum atomic E-state index is 0.510. The maximum atomic E-state index is 8.75. The first-order valence-electron chi connectivity index (χ1n) is 6.62. The molecule has 0 saturated carbocycles. The standard InChI is InChI=1S/C15H16N4/c16-8-4-10-19-14-7-9-17-11-13(14)15(18-19)12-5-2-1-3-6-12/h1-3,5-6,17H,4,7,9-11H2. The van der Waals surface area contributed by atoms with Crippen LogP contribution in [0.2, 0.25) is 0 Å². The minimum Gasteiger partial charge on any atom is -0.312 e. The Labute approximate surface area is 112 Å². The Morgan fingerprint density at radius 1 is 1.32 bits per heavy atom. The molecule has 0 aliphatic carbocycles. The van der Waals surface area contributed by atoms with Crippen LogP contribution in [0, 0.1) is 11.3 Å². The zero-order chi connectivity index (χ0) is 13.1. The van der Waals surface area contributed by atoms with Crippen LogP contribution in [0.5, 0.6) is 0 Å². The summed E-state index contributed by atoms with van der Waals surface area (Å²) in [4.78, 5) is 0. The molecule has 0 radical (unpaired) electrons. The van der Waals surface area contributed by atoms with E-state index in [0.717, 1.165) is 30.8 Å². The normalized spacial score (nSPS) is 13.8. The van der Waals surface area contributed by atoms with Crippen LogP contribution < -0.4 is 5.32 Å². The third-order valence-corrected chi connectivity index (χ3v) is 3.49. The molecule has 0 spiro atoms. The van der Waals surface area contributed by atoms with Crippen LogP contribution in [-0.4, -0.2) is 16.3 Å². The number of nitrogens with one attached hydrogen (secondary N) is 1. The summed E-state index contributed by atoms with van der Waals surface area (Å²) < 4.78 is 2.02. The average Bonchev–Trinajstić information content (AvgIpc) is 2.85. The highest BCUT2D eigenvalue weighted by Gasteiger charge is 2.20. The number of benzene rings is 1. The summed E-state index contributed by atoms with van der Waals surface area (Å²) in [6.07, 6.45) is 1.50. The molecule has 2 aromatic rings. The maximum Gasteiger partial charge on any atom is 0.0971 e. The Bertz CT molecular complexity index is 607. The fraction of sp³-hybridized carbons (Fsp3) is 0.333. The zero-order valence-electron chi connectivity index (χ0n) is 10.8. The molecule has 1 N–H and O–H groups in total. The Balaban J connectivity index is 2.05. The van der Waals surface area contributed by atoms with Gasteiger partial charge in [0.2, 0.25) is 0 Å². The molecule has 0 saturated heterocycles. The number of hydrogen-bond acceptors (Lipinski definition) is 3. The average molecular weight is 252 g/mol. The van der Waals surface area contributed by atoms with Gasteiger partial charge in [-0.2, -0.15) is 10.4 Å². The fourth-order valence-electron chi connectivity index (χ4n) is 2.59. The summed E-state index contributed by atoms with van der Waals surface area (Å²) in [7, 11) is 0. The van der Waals surface area contributed by atoms with Crippen molar-refractivity contribution in [1.82, 2.24) is 15.1 Å². The van der Waals surface area contributed by atoms with Gasteiger partial charge in [-0.25, -0.2) is 0 Å². The Kier molecular flexibility index (Phi) is 3.30. The third-order valence-electron chi connectivity index (χ3n) is 3.49.